The van der Waals surface area contributed by atoms with Gasteiger partial charge < -0.3 is 16.0 Å². The maximum Gasteiger partial charge on any atom is 0.242 e. The normalized spacial score (nSPS) is 11.7. The number of aliphatic imine (C=N–C) groups is 1. The molecule has 0 aliphatic heterocycles. The van der Waals surface area contributed by atoms with E-state index in [0.717, 1.165) is 12.1 Å². The van der Waals surface area contributed by atoms with Gasteiger partial charge in [-0.25, -0.2) is 4.99 Å². The standard InChI is InChI=1S/C22H30N4O/c1-4-23-21(26-17-22(2,3)19-13-9-6-10-14-19)25-16-20(27)24-15-18-11-7-5-8-12-18/h5-14H,4,15-17H2,1-3H3,(H,24,27)(H2,23,25,26). The van der Waals surface area contributed by atoms with Gasteiger partial charge in [0.15, 0.2) is 5.96 Å². The maximum absolute atomic E-state index is 12.1. The summed E-state index contributed by atoms with van der Waals surface area (Å²) in [4.78, 5) is 16.5. The van der Waals surface area contributed by atoms with Gasteiger partial charge >= 0.3 is 0 Å². The third-order valence-electron chi connectivity index (χ3n) is 4.31. The van der Waals surface area contributed by atoms with Crippen LogP contribution in [-0.2, 0) is 16.8 Å². The minimum Gasteiger partial charge on any atom is -0.357 e. The zero-order valence-corrected chi connectivity index (χ0v) is 16.5. The Kier molecular flexibility index (Phi) is 7.86. The van der Waals surface area contributed by atoms with Crippen LogP contribution in [0.1, 0.15) is 31.9 Å². The van der Waals surface area contributed by atoms with Crippen molar-refractivity contribution in [3.05, 3.63) is 71.8 Å². The molecule has 0 saturated carbocycles. The third kappa shape index (κ3) is 7.13. The lowest BCUT2D eigenvalue weighted by molar-refractivity contribution is -0.119. The van der Waals surface area contributed by atoms with Gasteiger partial charge in [-0.3, -0.25) is 4.79 Å². The van der Waals surface area contributed by atoms with E-state index >= 15 is 0 Å². The number of hydrogen-bond acceptors (Lipinski definition) is 2. The first-order valence-electron chi connectivity index (χ1n) is 9.39. The van der Waals surface area contributed by atoms with Crippen LogP contribution >= 0.6 is 0 Å². The Balaban J connectivity index is 1.86. The van der Waals surface area contributed by atoms with E-state index in [1.165, 1.54) is 5.56 Å². The summed E-state index contributed by atoms with van der Waals surface area (Å²) < 4.78 is 0. The van der Waals surface area contributed by atoms with Gasteiger partial charge in [0, 0.05) is 25.0 Å². The Bertz CT molecular complexity index is 726. The lowest BCUT2D eigenvalue weighted by atomic mass is 9.85. The van der Waals surface area contributed by atoms with Crippen LogP contribution < -0.4 is 16.0 Å². The minimum absolute atomic E-state index is 0.0486. The van der Waals surface area contributed by atoms with Gasteiger partial charge in [0.05, 0.1) is 0 Å². The van der Waals surface area contributed by atoms with Crippen LogP contribution in [0.2, 0.25) is 0 Å². The molecule has 0 aliphatic carbocycles. The molecule has 0 atom stereocenters. The number of benzene rings is 2. The average molecular weight is 367 g/mol. The van der Waals surface area contributed by atoms with Crippen molar-refractivity contribution >= 4 is 11.9 Å². The van der Waals surface area contributed by atoms with Crippen LogP contribution in [0.25, 0.3) is 0 Å². The Hall–Kier alpha value is -2.82. The molecular formula is C22H30N4O. The average Bonchev–Trinajstić information content (AvgIpc) is 2.70. The third-order valence-corrected chi connectivity index (χ3v) is 4.31. The van der Waals surface area contributed by atoms with Crippen molar-refractivity contribution in [1.82, 2.24) is 16.0 Å². The highest BCUT2D eigenvalue weighted by Crippen LogP contribution is 2.21. The van der Waals surface area contributed by atoms with Gasteiger partial charge in [-0.2, -0.15) is 0 Å². The van der Waals surface area contributed by atoms with Crippen LogP contribution in [0, 0.1) is 0 Å². The molecule has 0 saturated heterocycles. The molecule has 0 spiro atoms. The van der Waals surface area contributed by atoms with E-state index in [4.69, 9.17) is 0 Å². The maximum atomic E-state index is 12.1. The highest BCUT2D eigenvalue weighted by molar-refractivity contribution is 5.84. The quantitative estimate of drug-likeness (QED) is 0.497. The molecular weight excluding hydrogens is 336 g/mol. The second-order valence-corrected chi connectivity index (χ2v) is 7.06. The van der Waals surface area contributed by atoms with Gasteiger partial charge in [0.2, 0.25) is 5.91 Å². The summed E-state index contributed by atoms with van der Waals surface area (Å²) in [6.07, 6.45) is 0. The van der Waals surface area contributed by atoms with Crippen molar-refractivity contribution in [2.45, 2.75) is 32.7 Å². The Morgan fingerprint density at radius 1 is 0.926 bits per heavy atom. The molecule has 27 heavy (non-hydrogen) atoms. The van der Waals surface area contributed by atoms with Crippen molar-refractivity contribution < 1.29 is 4.79 Å². The number of rotatable bonds is 8. The van der Waals surface area contributed by atoms with E-state index in [2.05, 4.69) is 46.9 Å². The van der Waals surface area contributed by atoms with E-state index < -0.39 is 0 Å². The fourth-order valence-electron chi connectivity index (χ4n) is 2.64. The largest absolute Gasteiger partial charge is 0.357 e. The molecule has 144 valence electrons. The Morgan fingerprint density at radius 2 is 1.56 bits per heavy atom. The first-order chi connectivity index (χ1) is 13.0. The smallest absolute Gasteiger partial charge is 0.242 e. The number of carbonyl (C=O) groups excluding carboxylic acids is 1. The zero-order chi connectivity index (χ0) is 19.5. The molecule has 0 bridgehead atoms. The Morgan fingerprint density at radius 3 is 2.19 bits per heavy atom. The molecule has 5 heteroatoms. The number of nitrogens with one attached hydrogen (secondary N) is 3. The van der Waals surface area contributed by atoms with Crippen molar-refractivity contribution in [3.63, 3.8) is 0 Å². The molecule has 2 rings (SSSR count). The molecule has 2 aromatic rings. The summed E-state index contributed by atoms with van der Waals surface area (Å²) in [7, 11) is 0. The molecule has 0 radical (unpaired) electrons. The summed E-state index contributed by atoms with van der Waals surface area (Å²) in [6.45, 7) is 8.44. The van der Waals surface area contributed by atoms with Crippen LogP contribution in [0.15, 0.2) is 65.7 Å². The lowest BCUT2D eigenvalue weighted by Gasteiger charge is -2.26. The van der Waals surface area contributed by atoms with Crippen molar-refractivity contribution in [2.24, 2.45) is 4.99 Å². The molecule has 3 N–H and O–H groups in total. The van der Waals surface area contributed by atoms with Crippen molar-refractivity contribution in [3.8, 4) is 0 Å². The zero-order valence-electron chi connectivity index (χ0n) is 16.5. The predicted molar refractivity (Wildman–Crippen MR) is 112 cm³/mol. The van der Waals surface area contributed by atoms with Gasteiger partial charge in [0.1, 0.15) is 6.54 Å². The number of amides is 1. The molecule has 1 amide bonds. The summed E-state index contributed by atoms with van der Waals surface area (Å²) in [5.41, 5.74) is 2.28. The molecule has 0 fully saturated rings. The Labute approximate surface area is 162 Å². The predicted octanol–water partition coefficient (Wildman–Crippen LogP) is 2.84. The summed E-state index contributed by atoms with van der Waals surface area (Å²) in [6, 6.07) is 20.2. The molecule has 0 aromatic heterocycles. The molecule has 0 unspecified atom stereocenters. The van der Waals surface area contributed by atoms with Crippen molar-refractivity contribution in [1.29, 1.82) is 0 Å². The van der Waals surface area contributed by atoms with Crippen LogP contribution in [0.5, 0.6) is 0 Å². The topological polar surface area (TPSA) is 65.5 Å². The number of hydrogen-bond donors (Lipinski definition) is 3. The summed E-state index contributed by atoms with van der Waals surface area (Å²) in [5.74, 6) is 0.551. The van der Waals surface area contributed by atoms with E-state index in [1.54, 1.807) is 0 Å². The monoisotopic (exact) mass is 366 g/mol. The molecule has 2 aromatic carbocycles. The SMILES string of the molecule is CCNC(=NCC(=O)NCc1ccccc1)NCC(C)(C)c1ccccc1. The van der Waals surface area contributed by atoms with Crippen LogP contribution in [-0.4, -0.2) is 31.5 Å². The van der Waals surface area contributed by atoms with Gasteiger partial charge in [-0.05, 0) is 18.1 Å². The van der Waals surface area contributed by atoms with Gasteiger partial charge in [-0.15, -0.1) is 0 Å². The lowest BCUT2D eigenvalue weighted by Crippen LogP contribution is -2.44. The summed E-state index contributed by atoms with van der Waals surface area (Å²) in [5, 5.41) is 9.44. The van der Waals surface area contributed by atoms with Gasteiger partial charge in [0.25, 0.3) is 0 Å². The highest BCUT2D eigenvalue weighted by Gasteiger charge is 2.20. The van der Waals surface area contributed by atoms with Crippen LogP contribution in [0.4, 0.5) is 0 Å². The van der Waals surface area contributed by atoms with Gasteiger partial charge in [-0.1, -0.05) is 74.5 Å². The van der Waals surface area contributed by atoms with E-state index in [9.17, 15) is 4.79 Å². The number of nitrogens with zero attached hydrogens (tertiary/aromatic N) is 1. The fourth-order valence-corrected chi connectivity index (χ4v) is 2.64. The number of guanidine groups is 1. The number of carbonyl (C=O) groups is 1. The first kappa shape index (κ1) is 20.5. The van der Waals surface area contributed by atoms with E-state index in [-0.39, 0.29) is 17.9 Å². The highest BCUT2D eigenvalue weighted by atomic mass is 16.1. The van der Waals surface area contributed by atoms with E-state index in [0.29, 0.717) is 19.0 Å². The van der Waals surface area contributed by atoms with E-state index in [1.807, 2.05) is 55.5 Å². The first-order valence-corrected chi connectivity index (χ1v) is 9.39. The summed E-state index contributed by atoms with van der Waals surface area (Å²) >= 11 is 0. The molecule has 0 aliphatic rings. The van der Waals surface area contributed by atoms with Crippen LogP contribution in [0.3, 0.4) is 0 Å². The second-order valence-electron chi connectivity index (χ2n) is 7.06. The molecule has 0 heterocycles. The minimum atomic E-state index is -0.0987. The second kappa shape index (κ2) is 10.4. The van der Waals surface area contributed by atoms with Crippen molar-refractivity contribution in [2.75, 3.05) is 19.6 Å². The fraction of sp³-hybridized carbons (Fsp3) is 0.364. The molecule has 5 nitrogen and oxygen atoms in total.